The third-order valence-corrected chi connectivity index (χ3v) is 5.06. The Morgan fingerprint density at radius 2 is 2.05 bits per heavy atom. The van der Waals surface area contributed by atoms with Crippen LogP contribution < -0.4 is 0 Å². The molecule has 0 N–H and O–H groups in total. The number of carbonyl (C=O) groups is 1. The number of hydrogen-bond donors (Lipinski definition) is 0. The van der Waals surface area contributed by atoms with Gasteiger partial charge in [-0.15, -0.1) is 0 Å². The number of carbonyl (C=O) groups excluding carboxylic acids is 1. The third-order valence-electron chi connectivity index (χ3n) is 5.06. The molecule has 4 nitrogen and oxygen atoms in total. The Bertz CT molecular complexity index is 518. The standard InChI is InChI=1S/C16H20N2O2/c1-11-15-14-8-7-13(10-18(15)16(19)20-11)17(14)9-12-5-3-2-4-6-12/h2-6,11,13-15H,7-10H2,1H3/t11-,13-,14+,15?/m0/s1. The Labute approximate surface area is 119 Å². The van der Waals surface area contributed by atoms with E-state index in [9.17, 15) is 4.79 Å². The first-order valence-electron chi connectivity index (χ1n) is 7.51. The van der Waals surface area contributed by atoms with E-state index in [1.54, 1.807) is 0 Å². The van der Waals surface area contributed by atoms with Crippen LogP contribution in [0.4, 0.5) is 4.79 Å². The van der Waals surface area contributed by atoms with Crippen molar-refractivity contribution in [3.8, 4) is 0 Å². The van der Waals surface area contributed by atoms with Crippen molar-refractivity contribution in [3.05, 3.63) is 35.9 Å². The smallest absolute Gasteiger partial charge is 0.410 e. The Balaban J connectivity index is 1.59. The fourth-order valence-electron chi connectivity index (χ4n) is 4.18. The quantitative estimate of drug-likeness (QED) is 0.827. The molecule has 3 fully saturated rings. The summed E-state index contributed by atoms with van der Waals surface area (Å²) < 4.78 is 5.42. The average Bonchev–Trinajstić information content (AvgIpc) is 2.87. The lowest BCUT2D eigenvalue weighted by Crippen LogP contribution is -2.59. The lowest BCUT2D eigenvalue weighted by Gasteiger charge is -2.43. The summed E-state index contributed by atoms with van der Waals surface area (Å²) in [6, 6.07) is 11.8. The van der Waals surface area contributed by atoms with Gasteiger partial charge < -0.3 is 4.74 Å². The molecule has 1 unspecified atom stereocenters. The lowest BCUT2D eigenvalue weighted by atomic mass is 9.99. The van der Waals surface area contributed by atoms with Crippen molar-refractivity contribution in [1.82, 2.24) is 9.80 Å². The SMILES string of the molecule is C[C@@H]1OC(=O)N2C[C@@H]3CC[C@H](C12)N3Cc1ccccc1. The zero-order chi connectivity index (χ0) is 13.7. The first-order chi connectivity index (χ1) is 9.74. The van der Waals surface area contributed by atoms with Crippen molar-refractivity contribution < 1.29 is 9.53 Å². The van der Waals surface area contributed by atoms with Gasteiger partial charge in [0.25, 0.3) is 0 Å². The van der Waals surface area contributed by atoms with Crippen LogP contribution in [-0.2, 0) is 11.3 Å². The summed E-state index contributed by atoms with van der Waals surface area (Å²) in [7, 11) is 0. The van der Waals surface area contributed by atoms with Crippen LogP contribution in [-0.4, -0.2) is 46.7 Å². The van der Waals surface area contributed by atoms with Gasteiger partial charge in [0.15, 0.2) is 0 Å². The molecule has 4 rings (SSSR count). The van der Waals surface area contributed by atoms with Crippen molar-refractivity contribution in [2.75, 3.05) is 6.54 Å². The number of ether oxygens (including phenoxy) is 1. The number of nitrogens with zero attached hydrogens (tertiary/aromatic N) is 2. The highest BCUT2D eigenvalue weighted by molar-refractivity contribution is 5.71. The molecular weight excluding hydrogens is 252 g/mol. The minimum Gasteiger partial charge on any atom is -0.444 e. The van der Waals surface area contributed by atoms with E-state index in [0.717, 1.165) is 13.1 Å². The van der Waals surface area contributed by atoms with Gasteiger partial charge in [-0.2, -0.15) is 0 Å². The first-order valence-corrected chi connectivity index (χ1v) is 7.51. The van der Waals surface area contributed by atoms with Crippen LogP contribution in [0, 0.1) is 0 Å². The fraction of sp³-hybridized carbons (Fsp3) is 0.562. The molecule has 106 valence electrons. The molecule has 3 aliphatic rings. The van der Waals surface area contributed by atoms with Crippen molar-refractivity contribution in [1.29, 1.82) is 0 Å². The van der Waals surface area contributed by atoms with Gasteiger partial charge in [0.1, 0.15) is 6.10 Å². The van der Waals surface area contributed by atoms with E-state index in [4.69, 9.17) is 4.74 Å². The van der Waals surface area contributed by atoms with Crippen LogP contribution in [0.5, 0.6) is 0 Å². The first kappa shape index (κ1) is 12.2. The van der Waals surface area contributed by atoms with E-state index in [1.165, 1.54) is 18.4 Å². The normalized spacial score (nSPS) is 36.0. The number of benzene rings is 1. The van der Waals surface area contributed by atoms with Crippen LogP contribution in [0.2, 0.25) is 0 Å². The number of fused-ring (bicyclic) bond motifs is 4. The highest BCUT2D eigenvalue weighted by Gasteiger charge is 2.54. The molecule has 1 aromatic rings. The summed E-state index contributed by atoms with van der Waals surface area (Å²) in [5.74, 6) is 0. The van der Waals surface area contributed by atoms with Gasteiger partial charge in [0.05, 0.1) is 6.04 Å². The molecule has 0 aliphatic carbocycles. The van der Waals surface area contributed by atoms with Crippen LogP contribution in [0.1, 0.15) is 25.3 Å². The van der Waals surface area contributed by atoms with Crippen LogP contribution in [0.3, 0.4) is 0 Å². The molecule has 1 amide bonds. The molecule has 3 heterocycles. The highest BCUT2D eigenvalue weighted by Crippen LogP contribution is 2.40. The molecule has 3 aliphatic heterocycles. The Morgan fingerprint density at radius 3 is 2.85 bits per heavy atom. The Morgan fingerprint density at radius 1 is 1.25 bits per heavy atom. The molecule has 0 aromatic heterocycles. The van der Waals surface area contributed by atoms with E-state index in [0.29, 0.717) is 12.1 Å². The van der Waals surface area contributed by atoms with Gasteiger partial charge in [-0.25, -0.2) is 4.79 Å². The molecule has 0 radical (unpaired) electrons. The molecule has 1 aromatic carbocycles. The summed E-state index contributed by atoms with van der Waals surface area (Å²) in [4.78, 5) is 16.4. The van der Waals surface area contributed by atoms with Crippen molar-refractivity contribution in [2.24, 2.45) is 0 Å². The minimum absolute atomic E-state index is 0.0184. The summed E-state index contributed by atoms with van der Waals surface area (Å²) in [5, 5.41) is 0. The second kappa shape index (κ2) is 4.48. The van der Waals surface area contributed by atoms with E-state index < -0.39 is 0 Å². The summed E-state index contributed by atoms with van der Waals surface area (Å²) in [6.07, 6.45) is 2.29. The second-order valence-corrected chi connectivity index (χ2v) is 6.19. The second-order valence-electron chi connectivity index (χ2n) is 6.19. The molecule has 4 heteroatoms. The molecule has 3 saturated heterocycles. The molecule has 2 bridgehead atoms. The van der Waals surface area contributed by atoms with Crippen LogP contribution >= 0.6 is 0 Å². The van der Waals surface area contributed by atoms with Crippen molar-refractivity contribution in [2.45, 2.75) is 50.5 Å². The van der Waals surface area contributed by atoms with E-state index in [1.807, 2.05) is 11.8 Å². The minimum atomic E-state index is -0.112. The zero-order valence-corrected chi connectivity index (χ0v) is 11.7. The maximum absolute atomic E-state index is 11.9. The van der Waals surface area contributed by atoms with E-state index in [2.05, 4.69) is 35.2 Å². The lowest BCUT2D eigenvalue weighted by molar-refractivity contribution is 0.0395. The van der Waals surface area contributed by atoms with Gasteiger partial charge in [-0.3, -0.25) is 9.80 Å². The third kappa shape index (κ3) is 1.74. The maximum Gasteiger partial charge on any atom is 0.410 e. The number of cyclic esters (lactones) is 1. The summed E-state index contributed by atoms with van der Waals surface area (Å²) in [6.45, 7) is 3.85. The van der Waals surface area contributed by atoms with Crippen LogP contribution in [0.25, 0.3) is 0 Å². The largest absolute Gasteiger partial charge is 0.444 e. The predicted octanol–water partition coefficient (Wildman–Crippen LogP) is 2.24. The van der Waals surface area contributed by atoms with Gasteiger partial charge in [0.2, 0.25) is 0 Å². The number of piperazine rings is 1. The van der Waals surface area contributed by atoms with Gasteiger partial charge >= 0.3 is 6.09 Å². The molecule has 4 atom stereocenters. The van der Waals surface area contributed by atoms with Crippen molar-refractivity contribution >= 4 is 6.09 Å². The average molecular weight is 272 g/mol. The molecular formula is C16H20N2O2. The van der Waals surface area contributed by atoms with Crippen molar-refractivity contribution in [3.63, 3.8) is 0 Å². The number of hydrogen-bond acceptors (Lipinski definition) is 3. The van der Waals surface area contributed by atoms with Gasteiger partial charge in [-0.05, 0) is 25.3 Å². The molecule has 0 spiro atoms. The summed E-state index contributed by atoms with van der Waals surface area (Å²) >= 11 is 0. The fourth-order valence-corrected chi connectivity index (χ4v) is 4.18. The molecule has 20 heavy (non-hydrogen) atoms. The monoisotopic (exact) mass is 272 g/mol. The Hall–Kier alpha value is -1.55. The molecule has 0 saturated carbocycles. The maximum atomic E-state index is 11.9. The zero-order valence-electron chi connectivity index (χ0n) is 11.7. The topological polar surface area (TPSA) is 32.8 Å². The Kier molecular flexibility index (Phi) is 2.74. The van der Waals surface area contributed by atoms with Crippen LogP contribution in [0.15, 0.2) is 30.3 Å². The number of amides is 1. The van der Waals surface area contributed by atoms with Gasteiger partial charge in [0, 0.05) is 25.2 Å². The number of rotatable bonds is 2. The highest BCUT2D eigenvalue weighted by atomic mass is 16.6. The van der Waals surface area contributed by atoms with Gasteiger partial charge in [-0.1, -0.05) is 30.3 Å². The summed E-state index contributed by atoms with van der Waals surface area (Å²) in [5.41, 5.74) is 1.36. The van der Waals surface area contributed by atoms with E-state index >= 15 is 0 Å². The predicted molar refractivity (Wildman–Crippen MR) is 75.2 cm³/mol. The van der Waals surface area contributed by atoms with E-state index in [-0.39, 0.29) is 18.2 Å².